The summed E-state index contributed by atoms with van der Waals surface area (Å²) in [5.74, 6) is 0.781. The number of esters is 1. The molecule has 9 heteroatoms. The van der Waals surface area contributed by atoms with Crippen molar-refractivity contribution in [1.29, 1.82) is 0 Å². The van der Waals surface area contributed by atoms with Gasteiger partial charge in [0.25, 0.3) is 0 Å². The number of methoxy groups -OCH3 is 3. The molecule has 0 aliphatic carbocycles. The molecule has 0 radical (unpaired) electrons. The summed E-state index contributed by atoms with van der Waals surface area (Å²) < 4.78 is 33.0. The molecule has 0 fully saturated rings. The van der Waals surface area contributed by atoms with Crippen LogP contribution in [0.25, 0.3) is 17.0 Å². The molecular weight excluding hydrogens is 488 g/mol. The zero-order chi connectivity index (χ0) is 25.4. The van der Waals surface area contributed by atoms with Crippen molar-refractivity contribution in [1.82, 2.24) is 0 Å². The van der Waals surface area contributed by atoms with E-state index in [0.717, 1.165) is 0 Å². The lowest BCUT2D eigenvalue weighted by Crippen LogP contribution is -2.07. The number of hydrogen-bond donors (Lipinski definition) is 0. The van der Waals surface area contributed by atoms with Gasteiger partial charge in [0.2, 0.25) is 17.3 Å². The van der Waals surface area contributed by atoms with Crippen molar-refractivity contribution in [2.24, 2.45) is 0 Å². The standard InChI is InChI=1S/C27H19ClO8/c1-31-20-8-4-14(25(32-2)26(20)33-3)11-22-24(29)18-7-6-17(13-21(18)36-22)34-27(30)23-12-15-10-16(28)5-9-19(15)35-23/h4-13H,1-3H3/b22-11-. The van der Waals surface area contributed by atoms with Crippen molar-refractivity contribution < 1.29 is 37.7 Å². The molecule has 0 atom stereocenters. The Labute approximate surface area is 210 Å². The van der Waals surface area contributed by atoms with E-state index in [-0.39, 0.29) is 28.8 Å². The fourth-order valence-electron chi connectivity index (χ4n) is 3.88. The van der Waals surface area contributed by atoms with Gasteiger partial charge < -0.3 is 28.1 Å². The largest absolute Gasteiger partial charge is 0.493 e. The number of carbonyl (C=O) groups excluding carboxylic acids is 2. The Bertz CT molecular complexity index is 1550. The minimum Gasteiger partial charge on any atom is -0.493 e. The first kappa shape index (κ1) is 23.3. The third-order valence-corrected chi connectivity index (χ3v) is 5.79. The highest BCUT2D eigenvalue weighted by atomic mass is 35.5. The monoisotopic (exact) mass is 506 g/mol. The number of carbonyl (C=O) groups is 2. The first-order valence-corrected chi connectivity index (χ1v) is 11.1. The van der Waals surface area contributed by atoms with Crippen molar-refractivity contribution in [3.05, 3.63) is 82.3 Å². The SMILES string of the molecule is COc1ccc(/C=C2\Oc3cc(OC(=O)c4cc5cc(Cl)ccc5o4)ccc3C2=O)c(OC)c1OC. The summed E-state index contributed by atoms with van der Waals surface area (Å²) in [5, 5.41) is 1.20. The van der Waals surface area contributed by atoms with Gasteiger partial charge in [0.1, 0.15) is 17.1 Å². The lowest BCUT2D eigenvalue weighted by Gasteiger charge is -2.14. The highest BCUT2D eigenvalue weighted by molar-refractivity contribution is 6.31. The van der Waals surface area contributed by atoms with Crippen LogP contribution in [0.15, 0.2) is 64.8 Å². The second-order valence-electron chi connectivity index (χ2n) is 7.70. The second kappa shape index (κ2) is 9.31. The minimum absolute atomic E-state index is 0.0193. The lowest BCUT2D eigenvalue weighted by molar-refractivity contribution is 0.0703. The van der Waals surface area contributed by atoms with E-state index in [2.05, 4.69) is 0 Å². The average Bonchev–Trinajstić information content (AvgIpc) is 3.43. The van der Waals surface area contributed by atoms with Crippen LogP contribution >= 0.6 is 11.6 Å². The summed E-state index contributed by atoms with van der Waals surface area (Å²) >= 11 is 5.99. The second-order valence-corrected chi connectivity index (χ2v) is 8.14. The van der Waals surface area contributed by atoms with Crippen LogP contribution in [0.2, 0.25) is 5.02 Å². The maximum atomic E-state index is 12.9. The van der Waals surface area contributed by atoms with Gasteiger partial charge in [-0.05, 0) is 54.6 Å². The Hall–Kier alpha value is -4.43. The van der Waals surface area contributed by atoms with Crippen LogP contribution in [-0.2, 0) is 0 Å². The zero-order valence-electron chi connectivity index (χ0n) is 19.4. The average molecular weight is 507 g/mol. The number of fused-ring (bicyclic) bond motifs is 2. The zero-order valence-corrected chi connectivity index (χ0v) is 20.2. The molecule has 1 aromatic heterocycles. The highest BCUT2D eigenvalue weighted by Gasteiger charge is 2.29. The number of allylic oxidation sites excluding steroid dienone is 1. The first-order valence-electron chi connectivity index (χ1n) is 10.7. The molecule has 3 aromatic carbocycles. The predicted octanol–water partition coefficient (Wildman–Crippen LogP) is 5.95. The number of benzene rings is 3. The predicted molar refractivity (Wildman–Crippen MR) is 132 cm³/mol. The molecule has 182 valence electrons. The van der Waals surface area contributed by atoms with Crippen LogP contribution < -0.4 is 23.7 Å². The van der Waals surface area contributed by atoms with Crippen molar-refractivity contribution in [3.8, 4) is 28.7 Å². The van der Waals surface area contributed by atoms with Crippen LogP contribution in [0.4, 0.5) is 0 Å². The number of rotatable bonds is 6. The van der Waals surface area contributed by atoms with Crippen LogP contribution in [0, 0.1) is 0 Å². The number of ether oxygens (including phenoxy) is 5. The third-order valence-electron chi connectivity index (χ3n) is 5.55. The molecule has 1 aliphatic rings. The van der Waals surface area contributed by atoms with Crippen molar-refractivity contribution >= 4 is 40.4 Å². The molecule has 0 saturated carbocycles. The molecule has 4 aromatic rings. The smallest absolute Gasteiger partial charge is 0.379 e. The molecule has 0 saturated heterocycles. The molecule has 0 spiro atoms. The van der Waals surface area contributed by atoms with Gasteiger partial charge in [-0.2, -0.15) is 0 Å². The molecule has 5 rings (SSSR count). The Morgan fingerprint density at radius 1 is 0.917 bits per heavy atom. The Morgan fingerprint density at radius 3 is 2.47 bits per heavy atom. The van der Waals surface area contributed by atoms with Gasteiger partial charge in [0.05, 0.1) is 26.9 Å². The first-order chi connectivity index (χ1) is 17.4. The van der Waals surface area contributed by atoms with Gasteiger partial charge in [0, 0.05) is 22.0 Å². The summed E-state index contributed by atoms with van der Waals surface area (Å²) in [5.41, 5.74) is 1.40. The molecule has 2 heterocycles. The van der Waals surface area contributed by atoms with Gasteiger partial charge in [0.15, 0.2) is 17.3 Å². The van der Waals surface area contributed by atoms with E-state index in [1.807, 2.05) is 0 Å². The third kappa shape index (κ3) is 4.12. The van der Waals surface area contributed by atoms with Crippen LogP contribution in [0.3, 0.4) is 0 Å². The van der Waals surface area contributed by atoms with Gasteiger partial charge in [-0.1, -0.05) is 11.6 Å². The Balaban J connectivity index is 1.39. The van der Waals surface area contributed by atoms with Gasteiger partial charge in [-0.15, -0.1) is 0 Å². The Morgan fingerprint density at radius 2 is 1.72 bits per heavy atom. The number of ketones is 1. The molecule has 0 amide bonds. The minimum atomic E-state index is -0.697. The summed E-state index contributed by atoms with van der Waals surface area (Å²) in [6.45, 7) is 0. The maximum absolute atomic E-state index is 12.9. The molecule has 0 unspecified atom stereocenters. The summed E-state index contributed by atoms with van der Waals surface area (Å²) in [7, 11) is 4.50. The van der Waals surface area contributed by atoms with Crippen LogP contribution in [0.5, 0.6) is 28.7 Å². The molecule has 0 bridgehead atoms. The molecule has 1 aliphatic heterocycles. The fraction of sp³-hybridized carbons (Fsp3) is 0.111. The van der Waals surface area contributed by atoms with Crippen molar-refractivity contribution in [3.63, 3.8) is 0 Å². The maximum Gasteiger partial charge on any atom is 0.379 e. The topological polar surface area (TPSA) is 93.4 Å². The van der Waals surface area contributed by atoms with E-state index in [1.165, 1.54) is 39.5 Å². The Kier molecular flexibility index (Phi) is 6.03. The summed E-state index contributed by atoms with van der Waals surface area (Å²) in [6, 6.07) is 14.5. The van der Waals surface area contributed by atoms with Crippen molar-refractivity contribution in [2.75, 3.05) is 21.3 Å². The van der Waals surface area contributed by atoms with Crippen LogP contribution in [-0.4, -0.2) is 33.1 Å². The van der Waals surface area contributed by atoms with E-state index in [4.69, 9.17) is 39.7 Å². The van der Waals surface area contributed by atoms with E-state index in [9.17, 15) is 9.59 Å². The van der Waals surface area contributed by atoms with E-state index in [1.54, 1.807) is 42.5 Å². The van der Waals surface area contributed by atoms with Gasteiger partial charge in [-0.3, -0.25) is 4.79 Å². The molecule has 36 heavy (non-hydrogen) atoms. The summed E-state index contributed by atoms with van der Waals surface area (Å²) in [4.78, 5) is 25.6. The number of hydrogen-bond acceptors (Lipinski definition) is 8. The normalized spacial score (nSPS) is 13.4. The molecule has 0 N–H and O–H groups in total. The summed E-state index contributed by atoms with van der Waals surface area (Å²) in [6.07, 6.45) is 1.55. The fourth-order valence-corrected chi connectivity index (χ4v) is 4.06. The van der Waals surface area contributed by atoms with Crippen molar-refractivity contribution in [2.45, 2.75) is 0 Å². The van der Waals surface area contributed by atoms with Gasteiger partial charge in [-0.25, -0.2) is 4.79 Å². The van der Waals surface area contributed by atoms with Gasteiger partial charge >= 0.3 is 5.97 Å². The van der Waals surface area contributed by atoms with Crippen LogP contribution in [0.1, 0.15) is 26.5 Å². The van der Waals surface area contributed by atoms with E-state index < -0.39 is 5.97 Å². The molecular formula is C27H19ClO8. The number of halogens is 1. The lowest BCUT2D eigenvalue weighted by atomic mass is 10.1. The number of Topliss-reactive ketones (excluding diaryl/α,β-unsaturated/α-hetero) is 1. The molecule has 8 nitrogen and oxygen atoms in total. The highest BCUT2D eigenvalue weighted by Crippen LogP contribution is 2.42. The van der Waals surface area contributed by atoms with E-state index >= 15 is 0 Å². The number of furan rings is 1. The quantitative estimate of drug-likeness (QED) is 0.180. The van der Waals surface area contributed by atoms with E-state index in [0.29, 0.717) is 44.4 Å².